The van der Waals surface area contributed by atoms with Crippen LogP contribution in [0, 0.1) is 0 Å². The van der Waals surface area contributed by atoms with E-state index in [1.807, 2.05) is 0 Å². The molecular formula is C11H24O. The lowest BCUT2D eigenvalue weighted by molar-refractivity contribution is -0.00460. The number of unbranched alkanes of at least 4 members (excludes halogenated alkanes) is 2. The van der Waals surface area contributed by atoms with Crippen LogP contribution in [0.1, 0.15) is 47.0 Å². The van der Waals surface area contributed by atoms with Crippen LogP contribution in [-0.2, 0) is 4.74 Å². The average molecular weight is 172 g/mol. The highest BCUT2D eigenvalue weighted by Crippen LogP contribution is 2.07. The first-order valence-corrected chi connectivity index (χ1v) is 4.70. The Morgan fingerprint density at radius 1 is 1.08 bits per heavy atom. The topological polar surface area (TPSA) is 9.23 Å². The molecule has 0 unspecified atom stereocenters. The lowest BCUT2D eigenvalue weighted by atomic mass is 10.2. The first-order chi connectivity index (χ1) is 5.56. The lowest BCUT2D eigenvalue weighted by Crippen LogP contribution is -2.19. The molecule has 0 aromatic heterocycles. The summed E-state index contributed by atoms with van der Waals surface area (Å²) >= 11 is 0. The Morgan fingerprint density at radius 3 is 1.92 bits per heavy atom. The zero-order valence-electron chi connectivity index (χ0n) is 9.15. The lowest BCUT2D eigenvalue weighted by Gasteiger charge is -2.19. The van der Waals surface area contributed by atoms with Crippen molar-refractivity contribution in [2.24, 2.45) is 0 Å². The summed E-state index contributed by atoms with van der Waals surface area (Å²) in [7, 11) is 0. The summed E-state index contributed by atoms with van der Waals surface area (Å²) < 4.78 is 5.53. The minimum Gasteiger partial charge on any atom is -0.376 e. The maximum Gasteiger partial charge on any atom is 0.0598 e. The second-order valence-corrected chi connectivity index (χ2v) is 3.67. The van der Waals surface area contributed by atoms with Gasteiger partial charge < -0.3 is 4.74 Å². The smallest absolute Gasteiger partial charge is 0.0598 e. The van der Waals surface area contributed by atoms with Gasteiger partial charge in [0, 0.05) is 6.61 Å². The third-order valence-corrected chi connectivity index (χ3v) is 1.28. The molecule has 0 aromatic rings. The average Bonchev–Trinajstić information content (AvgIpc) is 2.01. The van der Waals surface area contributed by atoms with Crippen LogP contribution in [0.3, 0.4) is 0 Å². The predicted octanol–water partition coefficient (Wildman–Crippen LogP) is 3.79. The number of rotatable bonds is 4. The van der Waals surface area contributed by atoms with Crippen molar-refractivity contribution in [3.05, 3.63) is 13.2 Å². The SMILES string of the molecule is C=C.CCCCCOC(C)(C)C. The van der Waals surface area contributed by atoms with Gasteiger partial charge in [-0.1, -0.05) is 19.8 Å². The van der Waals surface area contributed by atoms with Crippen molar-refractivity contribution >= 4 is 0 Å². The number of hydrogen-bond acceptors (Lipinski definition) is 1. The van der Waals surface area contributed by atoms with E-state index < -0.39 is 0 Å². The monoisotopic (exact) mass is 172 g/mol. The van der Waals surface area contributed by atoms with Gasteiger partial charge in [-0.15, -0.1) is 13.2 Å². The fraction of sp³-hybridized carbons (Fsp3) is 0.818. The van der Waals surface area contributed by atoms with Gasteiger partial charge in [-0.05, 0) is 27.2 Å². The molecule has 74 valence electrons. The van der Waals surface area contributed by atoms with E-state index in [1.54, 1.807) is 0 Å². The van der Waals surface area contributed by atoms with Crippen molar-refractivity contribution in [3.8, 4) is 0 Å². The maximum absolute atomic E-state index is 5.53. The summed E-state index contributed by atoms with van der Waals surface area (Å²) in [4.78, 5) is 0. The fourth-order valence-electron chi connectivity index (χ4n) is 0.730. The van der Waals surface area contributed by atoms with Crippen molar-refractivity contribution < 1.29 is 4.74 Å². The highest BCUT2D eigenvalue weighted by Gasteiger charge is 2.08. The third-order valence-electron chi connectivity index (χ3n) is 1.28. The quantitative estimate of drug-likeness (QED) is 0.463. The molecule has 0 aromatic carbocycles. The van der Waals surface area contributed by atoms with Gasteiger partial charge in [-0.2, -0.15) is 0 Å². The molecule has 1 heteroatoms. The molecule has 0 radical (unpaired) electrons. The van der Waals surface area contributed by atoms with E-state index in [-0.39, 0.29) is 5.60 Å². The largest absolute Gasteiger partial charge is 0.376 e. The minimum atomic E-state index is 0.0493. The Balaban J connectivity index is 0. The molecule has 0 bridgehead atoms. The van der Waals surface area contributed by atoms with E-state index in [2.05, 4.69) is 40.9 Å². The number of ether oxygens (including phenoxy) is 1. The third kappa shape index (κ3) is 16.4. The molecule has 0 amide bonds. The molecule has 0 saturated heterocycles. The second-order valence-electron chi connectivity index (χ2n) is 3.67. The Kier molecular flexibility index (Phi) is 10.4. The van der Waals surface area contributed by atoms with E-state index in [0.29, 0.717) is 0 Å². The highest BCUT2D eigenvalue weighted by molar-refractivity contribution is 4.58. The summed E-state index contributed by atoms with van der Waals surface area (Å²) in [6.45, 7) is 15.4. The Bertz CT molecular complexity index is 81.5. The molecule has 1 nitrogen and oxygen atoms in total. The Labute approximate surface area is 77.8 Å². The van der Waals surface area contributed by atoms with Gasteiger partial charge >= 0.3 is 0 Å². The van der Waals surface area contributed by atoms with Crippen molar-refractivity contribution in [2.45, 2.75) is 52.6 Å². The van der Waals surface area contributed by atoms with Crippen LogP contribution in [0.25, 0.3) is 0 Å². The molecule has 0 N–H and O–H groups in total. The summed E-state index contributed by atoms with van der Waals surface area (Å²) in [6, 6.07) is 0. The van der Waals surface area contributed by atoms with Gasteiger partial charge in [0.1, 0.15) is 0 Å². The van der Waals surface area contributed by atoms with Gasteiger partial charge in [0.25, 0.3) is 0 Å². The van der Waals surface area contributed by atoms with Crippen molar-refractivity contribution in [2.75, 3.05) is 6.61 Å². The standard InChI is InChI=1S/C9H20O.C2H4/c1-5-6-7-8-10-9(2,3)4;1-2/h5-8H2,1-4H3;1-2H2. The van der Waals surface area contributed by atoms with Crippen LogP contribution in [0.5, 0.6) is 0 Å². The van der Waals surface area contributed by atoms with E-state index in [0.717, 1.165) is 6.61 Å². The van der Waals surface area contributed by atoms with E-state index in [4.69, 9.17) is 4.74 Å². The van der Waals surface area contributed by atoms with Crippen LogP contribution in [0.2, 0.25) is 0 Å². The van der Waals surface area contributed by atoms with Crippen LogP contribution >= 0.6 is 0 Å². The van der Waals surface area contributed by atoms with E-state index >= 15 is 0 Å². The summed E-state index contributed by atoms with van der Waals surface area (Å²) in [5, 5.41) is 0. The van der Waals surface area contributed by atoms with E-state index in [9.17, 15) is 0 Å². The molecule has 0 heterocycles. The second kappa shape index (κ2) is 8.79. The highest BCUT2D eigenvalue weighted by atomic mass is 16.5. The predicted molar refractivity (Wildman–Crippen MR) is 56.5 cm³/mol. The molecule has 0 rings (SSSR count). The van der Waals surface area contributed by atoms with Crippen LogP contribution in [0.4, 0.5) is 0 Å². The molecule has 0 atom stereocenters. The summed E-state index contributed by atoms with van der Waals surface area (Å²) in [5.41, 5.74) is 0.0493. The first kappa shape index (κ1) is 14.2. The van der Waals surface area contributed by atoms with Crippen LogP contribution in [-0.4, -0.2) is 12.2 Å². The fourth-order valence-corrected chi connectivity index (χ4v) is 0.730. The molecule has 0 aliphatic heterocycles. The molecule has 0 spiro atoms. The Morgan fingerprint density at radius 2 is 1.58 bits per heavy atom. The molecule has 0 aliphatic rings. The normalized spacial score (nSPS) is 10.3. The molecule has 12 heavy (non-hydrogen) atoms. The maximum atomic E-state index is 5.53. The Hall–Kier alpha value is -0.300. The number of hydrogen-bond donors (Lipinski definition) is 0. The zero-order chi connectivity index (χ0) is 10.0. The molecular weight excluding hydrogens is 148 g/mol. The minimum absolute atomic E-state index is 0.0493. The van der Waals surface area contributed by atoms with Crippen molar-refractivity contribution in [1.29, 1.82) is 0 Å². The van der Waals surface area contributed by atoms with Crippen LogP contribution < -0.4 is 0 Å². The molecule has 0 aliphatic carbocycles. The van der Waals surface area contributed by atoms with Crippen molar-refractivity contribution in [3.63, 3.8) is 0 Å². The van der Waals surface area contributed by atoms with Crippen LogP contribution in [0.15, 0.2) is 13.2 Å². The summed E-state index contributed by atoms with van der Waals surface area (Å²) in [5.74, 6) is 0. The first-order valence-electron chi connectivity index (χ1n) is 4.70. The molecule has 0 fully saturated rings. The van der Waals surface area contributed by atoms with Gasteiger partial charge in [0.2, 0.25) is 0 Å². The van der Waals surface area contributed by atoms with Gasteiger partial charge in [-0.3, -0.25) is 0 Å². The van der Waals surface area contributed by atoms with Gasteiger partial charge in [0.05, 0.1) is 5.60 Å². The van der Waals surface area contributed by atoms with Gasteiger partial charge in [0.15, 0.2) is 0 Å². The zero-order valence-corrected chi connectivity index (χ0v) is 9.15. The molecule has 0 saturated carbocycles. The summed E-state index contributed by atoms with van der Waals surface area (Å²) in [6.07, 6.45) is 3.76. The van der Waals surface area contributed by atoms with Gasteiger partial charge in [-0.25, -0.2) is 0 Å². The van der Waals surface area contributed by atoms with E-state index in [1.165, 1.54) is 19.3 Å². The van der Waals surface area contributed by atoms with Crippen molar-refractivity contribution in [1.82, 2.24) is 0 Å².